The fourth-order valence-corrected chi connectivity index (χ4v) is 4.72. The second-order valence-electron chi connectivity index (χ2n) is 8.54. The summed E-state index contributed by atoms with van der Waals surface area (Å²) in [4.78, 5) is 29.0. The van der Waals surface area contributed by atoms with E-state index >= 15 is 0 Å². The van der Waals surface area contributed by atoms with E-state index in [1.807, 2.05) is 36.2 Å². The molecule has 1 N–H and O–H groups in total. The van der Waals surface area contributed by atoms with Gasteiger partial charge in [0.15, 0.2) is 0 Å². The van der Waals surface area contributed by atoms with Gasteiger partial charge in [-0.2, -0.15) is 5.10 Å². The minimum Gasteiger partial charge on any atom is -0.492 e. The molecule has 0 atom stereocenters. The number of rotatable bonds is 9. The molecule has 0 unspecified atom stereocenters. The fourth-order valence-electron chi connectivity index (χ4n) is 4.02. The van der Waals surface area contributed by atoms with Gasteiger partial charge in [0.25, 0.3) is 0 Å². The molecule has 2 amide bonds. The first-order chi connectivity index (χ1) is 17.4. The lowest BCUT2D eigenvalue weighted by molar-refractivity contribution is -0.130. The Morgan fingerprint density at radius 1 is 1.08 bits per heavy atom. The molecule has 0 aliphatic carbocycles. The van der Waals surface area contributed by atoms with Crippen LogP contribution in [0.1, 0.15) is 6.92 Å². The van der Waals surface area contributed by atoms with Crippen molar-refractivity contribution >= 4 is 29.3 Å². The molecule has 0 radical (unpaired) electrons. The Kier molecular flexibility index (Phi) is 8.61. The quantitative estimate of drug-likeness (QED) is 0.443. The van der Waals surface area contributed by atoms with Crippen LogP contribution in [0.3, 0.4) is 0 Å². The van der Waals surface area contributed by atoms with Crippen molar-refractivity contribution in [1.82, 2.24) is 19.6 Å². The van der Waals surface area contributed by atoms with Gasteiger partial charge in [-0.05, 0) is 48.5 Å². The highest BCUT2D eigenvalue weighted by atomic mass is 32.2. The van der Waals surface area contributed by atoms with Gasteiger partial charge in [-0.1, -0.05) is 0 Å². The average Bonchev–Trinajstić information content (AvgIpc) is 3.30. The summed E-state index contributed by atoms with van der Waals surface area (Å²) in [6.45, 7) is 6.01. The molecule has 8 nitrogen and oxygen atoms in total. The number of nitrogens with one attached hydrogen (secondary N) is 1. The number of carbonyl (C=O) groups is 2. The number of nitrogens with zero attached hydrogens (tertiary/aromatic N) is 4. The van der Waals surface area contributed by atoms with E-state index in [9.17, 15) is 14.0 Å². The van der Waals surface area contributed by atoms with E-state index in [0.29, 0.717) is 18.0 Å². The van der Waals surface area contributed by atoms with Crippen LogP contribution in [-0.4, -0.2) is 76.5 Å². The van der Waals surface area contributed by atoms with E-state index in [-0.39, 0.29) is 23.4 Å². The molecule has 36 heavy (non-hydrogen) atoms. The number of aromatic nitrogens is 2. The molecule has 1 aliphatic rings. The van der Waals surface area contributed by atoms with E-state index in [1.165, 1.54) is 23.9 Å². The Labute approximate surface area is 214 Å². The Balaban J connectivity index is 1.37. The molecule has 1 saturated heterocycles. The maximum Gasteiger partial charge on any atom is 0.234 e. The molecular weight excluding hydrogens is 481 g/mol. The molecule has 2 aromatic carbocycles. The number of aryl methyl sites for hydroxylation is 1. The molecule has 0 spiro atoms. The Morgan fingerprint density at radius 3 is 2.50 bits per heavy atom. The van der Waals surface area contributed by atoms with E-state index in [1.54, 1.807) is 29.9 Å². The van der Waals surface area contributed by atoms with Crippen LogP contribution >= 0.6 is 11.8 Å². The summed E-state index contributed by atoms with van der Waals surface area (Å²) in [7, 11) is 1.86. The van der Waals surface area contributed by atoms with Gasteiger partial charge in [-0.15, -0.1) is 11.8 Å². The van der Waals surface area contributed by atoms with Gasteiger partial charge in [0.05, 0.1) is 11.4 Å². The van der Waals surface area contributed by atoms with Crippen molar-refractivity contribution in [3.05, 3.63) is 60.5 Å². The highest BCUT2D eigenvalue weighted by molar-refractivity contribution is 8.00. The van der Waals surface area contributed by atoms with Crippen LogP contribution in [0.15, 0.2) is 59.6 Å². The monoisotopic (exact) mass is 511 g/mol. The lowest BCUT2D eigenvalue weighted by atomic mass is 10.1. The Morgan fingerprint density at radius 2 is 1.83 bits per heavy atom. The molecule has 2 heterocycles. The molecule has 190 valence electrons. The van der Waals surface area contributed by atoms with Crippen LogP contribution in [0, 0.1) is 5.82 Å². The summed E-state index contributed by atoms with van der Waals surface area (Å²) in [5.74, 6) is 0.581. The van der Waals surface area contributed by atoms with E-state index < -0.39 is 0 Å². The van der Waals surface area contributed by atoms with Crippen LogP contribution < -0.4 is 10.1 Å². The molecular formula is C26H30FN5O3S. The molecule has 0 bridgehead atoms. The number of halogens is 1. The van der Waals surface area contributed by atoms with E-state index in [4.69, 9.17) is 4.74 Å². The predicted molar refractivity (Wildman–Crippen MR) is 139 cm³/mol. The maximum atomic E-state index is 13.1. The molecule has 3 aromatic rings. The van der Waals surface area contributed by atoms with Gasteiger partial charge in [0.1, 0.15) is 18.2 Å². The van der Waals surface area contributed by atoms with Gasteiger partial charge in [0, 0.05) is 69.0 Å². The minimum absolute atomic E-state index is 0.118. The van der Waals surface area contributed by atoms with Gasteiger partial charge in [-0.3, -0.25) is 19.2 Å². The number of benzene rings is 2. The Bertz CT molecular complexity index is 1190. The summed E-state index contributed by atoms with van der Waals surface area (Å²) in [5.41, 5.74) is 2.36. The van der Waals surface area contributed by atoms with Gasteiger partial charge in [-0.25, -0.2) is 4.39 Å². The lowest BCUT2D eigenvalue weighted by Gasteiger charge is -2.34. The van der Waals surface area contributed by atoms with E-state index in [0.717, 1.165) is 48.9 Å². The van der Waals surface area contributed by atoms with Crippen molar-refractivity contribution in [3.8, 4) is 17.0 Å². The zero-order valence-corrected chi connectivity index (χ0v) is 21.3. The van der Waals surface area contributed by atoms with E-state index in [2.05, 4.69) is 15.3 Å². The second kappa shape index (κ2) is 12.0. The molecule has 1 aromatic heterocycles. The highest BCUT2D eigenvalue weighted by Crippen LogP contribution is 2.32. The number of ether oxygens (including phenoxy) is 1. The lowest BCUT2D eigenvalue weighted by Crippen LogP contribution is -2.48. The summed E-state index contributed by atoms with van der Waals surface area (Å²) in [6.07, 6.45) is 1.72. The number of thioether (sulfide) groups is 1. The van der Waals surface area contributed by atoms with Gasteiger partial charge >= 0.3 is 0 Å². The third-order valence-corrected chi connectivity index (χ3v) is 7.04. The fraction of sp³-hybridized carbons (Fsp3) is 0.346. The van der Waals surface area contributed by atoms with Crippen LogP contribution in [0.2, 0.25) is 0 Å². The van der Waals surface area contributed by atoms with Gasteiger partial charge in [0.2, 0.25) is 11.8 Å². The summed E-state index contributed by atoms with van der Waals surface area (Å²) in [6, 6.07) is 13.5. The normalized spacial score (nSPS) is 14.0. The summed E-state index contributed by atoms with van der Waals surface area (Å²) in [5, 5.41) is 7.21. The number of hydrogen-bond acceptors (Lipinski definition) is 6. The molecule has 10 heteroatoms. The molecule has 4 rings (SSSR count). The third-order valence-electron chi connectivity index (χ3n) is 6.03. The molecule has 1 aliphatic heterocycles. The standard InChI is InChI=1S/C26H30FN5O3S/c1-19(33)32-13-11-31(12-14-32)15-16-35-25-8-5-21(17-23(25)24-9-10-28-30(24)2)29-26(34)18-36-22-6-3-20(27)4-7-22/h3-10,17H,11-16,18H2,1-2H3,(H,29,34). The van der Waals surface area contributed by atoms with Crippen LogP contribution in [0.4, 0.5) is 10.1 Å². The SMILES string of the molecule is CC(=O)N1CCN(CCOc2ccc(NC(=O)CSc3ccc(F)cc3)cc2-c2ccnn2C)CC1. The van der Waals surface area contributed by atoms with Crippen molar-refractivity contribution in [2.45, 2.75) is 11.8 Å². The second-order valence-corrected chi connectivity index (χ2v) is 9.59. The predicted octanol–water partition coefficient (Wildman–Crippen LogP) is 3.50. The van der Waals surface area contributed by atoms with Crippen LogP contribution in [-0.2, 0) is 16.6 Å². The van der Waals surface area contributed by atoms with Crippen molar-refractivity contribution in [3.63, 3.8) is 0 Å². The highest BCUT2D eigenvalue weighted by Gasteiger charge is 2.19. The Hall–Kier alpha value is -3.37. The topological polar surface area (TPSA) is 79.7 Å². The minimum atomic E-state index is -0.302. The largest absolute Gasteiger partial charge is 0.492 e. The first kappa shape index (κ1) is 25.7. The van der Waals surface area contributed by atoms with Crippen molar-refractivity contribution < 1.29 is 18.7 Å². The number of anilines is 1. The van der Waals surface area contributed by atoms with Crippen molar-refractivity contribution in [2.75, 3.05) is 50.4 Å². The van der Waals surface area contributed by atoms with Gasteiger partial charge < -0.3 is 15.0 Å². The molecule has 0 saturated carbocycles. The van der Waals surface area contributed by atoms with Crippen molar-refractivity contribution in [2.24, 2.45) is 7.05 Å². The third kappa shape index (κ3) is 6.86. The first-order valence-corrected chi connectivity index (χ1v) is 12.8. The zero-order chi connectivity index (χ0) is 25.5. The average molecular weight is 512 g/mol. The van der Waals surface area contributed by atoms with Crippen molar-refractivity contribution in [1.29, 1.82) is 0 Å². The number of piperazine rings is 1. The number of amides is 2. The number of carbonyl (C=O) groups excluding carboxylic acids is 2. The molecule has 1 fully saturated rings. The zero-order valence-electron chi connectivity index (χ0n) is 20.4. The van der Waals surface area contributed by atoms with Crippen LogP contribution in [0.5, 0.6) is 5.75 Å². The van der Waals surface area contributed by atoms with Crippen LogP contribution in [0.25, 0.3) is 11.3 Å². The smallest absolute Gasteiger partial charge is 0.234 e. The first-order valence-electron chi connectivity index (χ1n) is 11.8. The summed E-state index contributed by atoms with van der Waals surface area (Å²) >= 11 is 1.35. The number of hydrogen-bond donors (Lipinski definition) is 1. The maximum absolute atomic E-state index is 13.1. The summed E-state index contributed by atoms with van der Waals surface area (Å²) < 4.78 is 21.0.